The Bertz CT molecular complexity index is 672. The van der Waals surface area contributed by atoms with Crippen molar-refractivity contribution in [3.05, 3.63) is 42.0 Å². The van der Waals surface area contributed by atoms with E-state index < -0.39 is 0 Å². The third kappa shape index (κ3) is 2.59. The molecule has 2 aromatic carbocycles. The SMILES string of the molecule is COC1(CNC(=O)c2cc3ccccc3cc2N)CCC1. The van der Waals surface area contributed by atoms with Gasteiger partial charge in [0.1, 0.15) is 0 Å². The van der Waals surface area contributed by atoms with Gasteiger partial charge in [0.05, 0.1) is 11.2 Å². The van der Waals surface area contributed by atoms with Crippen molar-refractivity contribution in [3.63, 3.8) is 0 Å². The molecule has 0 spiro atoms. The van der Waals surface area contributed by atoms with E-state index in [9.17, 15) is 4.79 Å². The van der Waals surface area contributed by atoms with Gasteiger partial charge in [-0.2, -0.15) is 0 Å². The molecule has 1 aliphatic carbocycles. The fraction of sp³-hybridized carbons (Fsp3) is 0.353. The predicted molar refractivity (Wildman–Crippen MR) is 84.3 cm³/mol. The van der Waals surface area contributed by atoms with Crippen LogP contribution in [0.25, 0.3) is 10.8 Å². The molecule has 0 heterocycles. The van der Waals surface area contributed by atoms with E-state index in [0.717, 1.165) is 30.0 Å². The maximum Gasteiger partial charge on any atom is 0.253 e. The number of hydrogen-bond donors (Lipinski definition) is 2. The van der Waals surface area contributed by atoms with Gasteiger partial charge < -0.3 is 15.8 Å². The first-order valence-electron chi connectivity index (χ1n) is 7.25. The van der Waals surface area contributed by atoms with Crippen molar-refractivity contribution in [2.24, 2.45) is 0 Å². The number of benzene rings is 2. The highest BCUT2D eigenvalue weighted by Gasteiger charge is 2.37. The quantitative estimate of drug-likeness (QED) is 0.848. The van der Waals surface area contributed by atoms with Crippen LogP contribution in [0, 0.1) is 0 Å². The molecule has 2 aromatic rings. The minimum atomic E-state index is -0.179. The van der Waals surface area contributed by atoms with E-state index in [0.29, 0.717) is 17.8 Å². The summed E-state index contributed by atoms with van der Waals surface area (Å²) >= 11 is 0. The lowest BCUT2D eigenvalue weighted by Crippen LogP contribution is -2.49. The van der Waals surface area contributed by atoms with Gasteiger partial charge in [-0.15, -0.1) is 0 Å². The van der Waals surface area contributed by atoms with E-state index in [2.05, 4.69) is 5.32 Å². The summed E-state index contributed by atoms with van der Waals surface area (Å²) in [5, 5.41) is 5.01. The summed E-state index contributed by atoms with van der Waals surface area (Å²) in [6.45, 7) is 0.536. The number of amides is 1. The summed E-state index contributed by atoms with van der Waals surface area (Å²) in [5.41, 5.74) is 6.87. The zero-order valence-corrected chi connectivity index (χ0v) is 12.2. The molecule has 3 rings (SSSR count). The number of hydrogen-bond acceptors (Lipinski definition) is 3. The molecule has 3 N–H and O–H groups in total. The van der Waals surface area contributed by atoms with Crippen molar-refractivity contribution in [2.75, 3.05) is 19.4 Å². The summed E-state index contributed by atoms with van der Waals surface area (Å²) in [7, 11) is 1.70. The van der Waals surface area contributed by atoms with Gasteiger partial charge in [-0.1, -0.05) is 24.3 Å². The minimum absolute atomic E-state index is 0.137. The monoisotopic (exact) mass is 284 g/mol. The van der Waals surface area contributed by atoms with Crippen LogP contribution in [-0.4, -0.2) is 25.2 Å². The van der Waals surface area contributed by atoms with E-state index in [1.54, 1.807) is 7.11 Å². The van der Waals surface area contributed by atoms with Crippen LogP contribution in [0.15, 0.2) is 36.4 Å². The Morgan fingerprint density at radius 3 is 2.52 bits per heavy atom. The molecule has 1 aliphatic rings. The summed E-state index contributed by atoms with van der Waals surface area (Å²) in [6.07, 6.45) is 3.15. The molecule has 0 atom stereocenters. The molecule has 1 saturated carbocycles. The van der Waals surface area contributed by atoms with Crippen LogP contribution in [0.2, 0.25) is 0 Å². The van der Waals surface area contributed by atoms with Crippen LogP contribution in [0.4, 0.5) is 5.69 Å². The fourth-order valence-electron chi connectivity index (χ4n) is 2.82. The molecule has 110 valence electrons. The number of nitrogens with one attached hydrogen (secondary N) is 1. The smallest absolute Gasteiger partial charge is 0.253 e. The normalized spacial score (nSPS) is 16.4. The zero-order valence-electron chi connectivity index (χ0n) is 12.2. The molecule has 0 aromatic heterocycles. The third-order valence-electron chi connectivity index (χ3n) is 4.43. The number of fused-ring (bicyclic) bond motifs is 1. The number of methoxy groups -OCH3 is 1. The van der Waals surface area contributed by atoms with Crippen molar-refractivity contribution in [1.29, 1.82) is 0 Å². The Balaban J connectivity index is 1.79. The van der Waals surface area contributed by atoms with Crippen molar-refractivity contribution in [2.45, 2.75) is 24.9 Å². The minimum Gasteiger partial charge on any atom is -0.398 e. The lowest BCUT2D eigenvalue weighted by molar-refractivity contribution is -0.0679. The van der Waals surface area contributed by atoms with E-state index >= 15 is 0 Å². The van der Waals surface area contributed by atoms with Crippen LogP contribution in [-0.2, 0) is 4.74 Å². The lowest BCUT2D eigenvalue weighted by Gasteiger charge is -2.40. The number of nitrogens with two attached hydrogens (primary N) is 1. The molecule has 1 amide bonds. The van der Waals surface area contributed by atoms with Crippen LogP contribution in [0.1, 0.15) is 29.6 Å². The molecule has 4 nitrogen and oxygen atoms in total. The highest BCUT2D eigenvalue weighted by molar-refractivity contribution is 6.03. The van der Waals surface area contributed by atoms with Gasteiger partial charge in [0.15, 0.2) is 0 Å². The summed E-state index contributed by atoms with van der Waals surface area (Å²) in [5.74, 6) is -0.137. The molecule has 0 saturated heterocycles. The number of nitrogen functional groups attached to an aromatic ring is 1. The molecule has 0 bridgehead atoms. The fourth-order valence-corrected chi connectivity index (χ4v) is 2.82. The number of ether oxygens (including phenoxy) is 1. The first-order valence-corrected chi connectivity index (χ1v) is 7.25. The van der Waals surface area contributed by atoms with E-state index in [1.807, 2.05) is 36.4 Å². The lowest BCUT2D eigenvalue weighted by atomic mass is 9.80. The summed E-state index contributed by atoms with van der Waals surface area (Å²) < 4.78 is 5.51. The standard InChI is InChI=1S/C17H20N2O2/c1-21-17(7-4-8-17)11-19-16(20)14-9-12-5-2-3-6-13(12)10-15(14)18/h2-3,5-6,9-10H,4,7-8,11,18H2,1H3,(H,19,20). The predicted octanol–water partition coefficient (Wildman–Crippen LogP) is 2.72. The van der Waals surface area contributed by atoms with E-state index in [1.165, 1.54) is 0 Å². The first-order chi connectivity index (χ1) is 10.1. The van der Waals surface area contributed by atoms with Crippen molar-refractivity contribution in [1.82, 2.24) is 5.32 Å². The van der Waals surface area contributed by atoms with E-state index in [4.69, 9.17) is 10.5 Å². The second kappa shape index (κ2) is 5.37. The van der Waals surface area contributed by atoms with Crippen LogP contribution in [0.5, 0.6) is 0 Å². The van der Waals surface area contributed by atoms with Crippen molar-refractivity contribution >= 4 is 22.4 Å². The molecule has 0 radical (unpaired) electrons. The average molecular weight is 284 g/mol. The highest BCUT2D eigenvalue weighted by Crippen LogP contribution is 2.34. The molecular weight excluding hydrogens is 264 g/mol. The van der Waals surface area contributed by atoms with E-state index in [-0.39, 0.29) is 11.5 Å². The maximum absolute atomic E-state index is 12.4. The molecule has 0 aliphatic heterocycles. The third-order valence-corrected chi connectivity index (χ3v) is 4.43. The molecule has 0 unspecified atom stereocenters. The Hall–Kier alpha value is -2.07. The summed E-state index contributed by atoms with van der Waals surface area (Å²) in [4.78, 5) is 12.4. The van der Waals surface area contributed by atoms with Gasteiger partial charge >= 0.3 is 0 Å². The summed E-state index contributed by atoms with van der Waals surface area (Å²) in [6, 6.07) is 11.6. The maximum atomic E-state index is 12.4. The molecule has 1 fully saturated rings. The molecule has 21 heavy (non-hydrogen) atoms. The molecular formula is C17H20N2O2. The van der Waals surface area contributed by atoms with Gasteiger partial charge in [-0.05, 0) is 42.2 Å². The largest absolute Gasteiger partial charge is 0.398 e. The second-order valence-electron chi connectivity index (χ2n) is 5.71. The van der Waals surface area contributed by atoms with Gasteiger partial charge in [-0.25, -0.2) is 0 Å². The highest BCUT2D eigenvalue weighted by atomic mass is 16.5. The van der Waals surface area contributed by atoms with Crippen molar-refractivity contribution < 1.29 is 9.53 Å². The Morgan fingerprint density at radius 2 is 1.95 bits per heavy atom. The first kappa shape index (κ1) is 13.9. The Labute approximate surface area is 124 Å². The number of carbonyl (C=O) groups is 1. The average Bonchev–Trinajstić information content (AvgIpc) is 2.45. The van der Waals surface area contributed by atoms with Crippen LogP contribution < -0.4 is 11.1 Å². The van der Waals surface area contributed by atoms with Crippen LogP contribution >= 0.6 is 0 Å². The molecule has 4 heteroatoms. The van der Waals surface area contributed by atoms with Gasteiger partial charge in [0.2, 0.25) is 0 Å². The van der Waals surface area contributed by atoms with Gasteiger partial charge in [0.25, 0.3) is 5.91 Å². The van der Waals surface area contributed by atoms with Crippen molar-refractivity contribution in [3.8, 4) is 0 Å². The topological polar surface area (TPSA) is 64.3 Å². The van der Waals surface area contributed by atoms with Crippen LogP contribution in [0.3, 0.4) is 0 Å². The zero-order chi connectivity index (χ0) is 14.9. The number of carbonyl (C=O) groups excluding carboxylic acids is 1. The Morgan fingerprint density at radius 1 is 1.29 bits per heavy atom. The Kier molecular flexibility index (Phi) is 3.55. The van der Waals surface area contributed by atoms with Gasteiger partial charge in [-0.3, -0.25) is 4.79 Å². The number of anilines is 1. The van der Waals surface area contributed by atoms with Gasteiger partial charge in [0, 0.05) is 19.3 Å². The second-order valence-corrected chi connectivity index (χ2v) is 5.71. The number of rotatable bonds is 4.